The largest absolute Gasteiger partial charge is 0.378 e. The quantitative estimate of drug-likeness (QED) is 0.721. The van der Waals surface area contributed by atoms with Gasteiger partial charge in [0.05, 0.1) is 13.2 Å². The Labute approximate surface area is 191 Å². The highest BCUT2D eigenvalue weighted by Gasteiger charge is 2.22. The molecule has 5 rings (SSSR count). The second kappa shape index (κ2) is 9.98. The number of piperidine rings is 1. The number of nitrogens with zero attached hydrogens (tertiary/aromatic N) is 7. The van der Waals surface area contributed by atoms with Gasteiger partial charge in [-0.05, 0) is 43.7 Å². The number of morpholine rings is 1. The lowest BCUT2D eigenvalue weighted by atomic mass is 9.99. The van der Waals surface area contributed by atoms with E-state index in [1.54, 1.807) is 0 Å². The summed E-state index contributed by atoms with van der Waals surface area (Å²) in [6.45, 7) is 9.51. The lowest BCUT2D eigenvalue weighted by Gasteiger charge is -2.31. The zero-order valence-electron chi connectivity index (χ0n) is 19.2. The van der Waals surface area contributed by atoms with Gasteiger partial charge in [-0.2, -0.15) is 15.0 Å². The summed E-state index contributed by atoms with van der Waals surface area (Å²) in [4.78, 5) is 26.6. The van der Waals surface area contributed by atoms with Crippen molar-refractivity contribution in [2.24, 2.45) is 5.92 Å². The van der Waals surface area contributed by atoms with E-state index in [0.29, 0.717) is 19.0 Å². The topological polar surface area (TPSA) is 70.5 Å². The molecule has 0 aromatic carbocycles. The zero-order valence-corrected chi connectivity index (χ0v) is 19.2. The van der Waals surface area contributed by atoms with Crippen LogP contribution < -0.4 is 14.7 Å². The predicted octanol–water partition coefficient (Wildman–Crippen LogP) is 3.39. The smallest absolute Gasteiger partial charge is 0.230 e. The van der Waals surface area contributed by atoms with Crippen molar-refractivity contribution in [2.75, 3.05) is 67.2 Å². The van der Waals surface area contributed by atoms with Crippen LogP contribution >= 0.6 is 0 Å². The van der Waals surface area contributed by atoms with Crippen LogP contribution in [0.5, 0.6) is 0 Å². The second-order valence-electron chi connectivity index (χ2n) is 9.31. The number of ether oxygens (including phenoxy) is 1. The van der Waals surface area contributed by atoms with E-state index >= 15 is 0 Å². The molecule has 2 aromatic rings. The highest BCUT2D eigenvalue weighted by Crippen LogP contribution is 2.26. The summed E-state index contributed by atoms with van der Waals surface area (Å²) in [6.07, 6.45) is 7.38. The Bertz CT molecular complexity index is 886. The summed E-state index contributed by atoms with van der Waals surface area (Å²) in [5.74, 6) is 4.03. The van der Waals surface area contributed by atoms with Crippen molar-refractivity contribution in [3.63, 3.8) is 0 Å². The maximum Gasteiger partial charge on any atom is 0.230 e. The molecule has 0 N–H and O–H groups in total. The van der Waals surface area contributed by atoms with Gasteiger partial charge in [0.2, 0.25) is 11.9 Å². The first-order chi connectivity index (χ1) is 15.8. The van der Waals surface area contributed by atoms with Gasteiger partial charge >= 0.3 is 0 Å². The van der Waals surface area contributed by atoms with Crippen LogP contribution in [0.4, 0.5) is 17.7 Å². The van der Waals surface area contributed by atoms with Crippen LogP contribution in [0.15, 0.2) is 18.2 Å². The normalized spacial score (nSPS) is 21.0. The highest BCUT2D eigenvalue weighted by atomic mass is 16.5. The zero-order chi connectivity index (χ0) is 21.8. The Hall–Kier alpha value is -2.48. The molecule has 32 heavy (non-hydrogen) atoms. The van der Waals surface area contributed by atoms with Gasteiger partial charge in [0.15, 0.2) is 5.82 Å². The Morgan fingerprint density at radius 3 is 2.06 bits per heavy atom. The number of rotatable bonds is 4. The number of hydrogen-bond donors (Lipinski definition) is 0. The molecule has 3 aliphatic heterocycles. The molecule has 5 heterocycles. The van der Waals surface area contributed by atoms with E-state index in [4.69, 9.17) is 24.7 Å². The molecule has 3 fully saturated rings. The number of pyridine rings is 1. The summed E-state index contributed by atoms with van der Waals surface area (Å²) in [5.41, 5.74) is 0.828. The molecule has 0 unspecified atom stereocenters. The van der Waals surface area contributed by atoms with E-state index in [-0.39, 0.29) is 0 Å². The van der Waals surface area contributed by atoms with Crippen LogP contribution in [0.25, 0.3) is 11.5 Å². The molecule has 0 radical (unpaired) electrons. The molecule has 0 saturated carbocycles. The Balaban J connectivity index is 1.48. The Morgan fingerprint density at radius 2 is 1.38 bits per heavy atom. The van der Waals surface area contributed by atoms with Gasteiger partial charge in [0, 0.05) is 39.3 Å². The van der Waals surface area contributed by atoms with Crippen molar-refractivity contribution < 1.29 is 4.74 Å². The van der Waals surface area contributed by atoms with Crippen LogP contribution in [-0.2, 0) is 4.74 Å². The van der Waals surface area contributed by atoms with Crippen molar-refractivity contribution in [2.45, 2.75) is 45.4 Å². The first-order valence-electron chi connectivity index (χ1n) is 12.3. The fourth-order valence-corrected chi connectivity index (χ4v) is 4.75. The predicted molar refractivity (Wildman–Crippen MR) is 127 cm³/mol. The molecule has 8 heteroatoms. The first-order valence-corrected chi connectivity index (χ1v) is 12.3. The van der Waals surface area contributed by atoms with E-state index in [1.807, 2.05) is 6.07 Å². The van der Waals surface area contributed by atoms with Gasteiger partial charge in [0.25, 0.3) is 0 Å². The maximum atomic E-state index is 5.55. The third-order valence-electron chi connectivity index (χ3n) is 6.87. The molecule has 0 aliphatic carbocycles. The molecule has 0 spiro atoms. The molecular weight excluding hydrogens is 402 g/mol. The second-order valence-corrected chi connectivity index (χ2v) is 9.31. The average molecular weight is 438 g/mol. The summed E-state index contributed by atoms with van der Waals surface area (Å²) in [5, 5.41) is 0. The molecule has 172 valence electrons. The van der Waals surface area contributed by atoms with Crippen molar-refractivity contribution in [3.05, 3.63) is 18.2 Å². The van der Waals surface area contributed by atoms with Gasteiger partial charge < -0.3 is 19.4 Å². The minimum atomic E-state index is 0.674. The molecule has 0 amide bonds. The number of hydrogen-bond acceptors (Lipinski definition) is 8. The summed E-state index contributed by atoms with van der Waals surface area (Å²) in [6, 6.07) is 6.22. The lowest BCUT2D eigenvalue weighted by Crippen LogP contribution is -2.38. The fourth-order valence-electron chi connectivity index (χ4n) is 4.75. The van der Waals surface area contributed by atoms with Crippen LogP contribution in [0, 0.1) is 5.92 Å². The molecule has 3 aliphatic rings. The third-order valence-corrected chi connectivity index (χ3v) is 6.87. The molecule has 3 saturated heterocycles. The lowest BCUT2D eigenvalue weighted by molar-refractivity contribution is 0.122. The van der Waals surface area contributed by atoms with Gasteiger partial charge in [-0.3, -0.25) is 0 Å². The van der Waals surface area contributed by atoms with Crippen LogP contribution in [-0.4, -0.2) is 72.4 Å². The first kappa shape index (κ1) is 21.4. The minimum Gasteiger partial charge on any atom is -0.378 e. The van der Waals surface area contributed by atoms with Gasteiger partial charge in [-0.25, -0.2) is 4.98 Å². The minimum absolute atomic E-state index is 0.674. The van der Waals surface area contributed by atoms with Gasteiger partial charge in [-0.15, -0.1) is 0 Å². The average Bonchev–Trinajstić information content (AvgIpc) is 3.15. The highest BCUT2D eigenvalue weighted by molar-refractivity contribution is 5.58. The van der Waals surface area contributed by atoms with Crippen LogP contribution in [0.1, 0.15) is 45.4 Å². The van der Waals surface area contributed by atoms with Crippen LogP contribution in [0.2, 0.25) is 0 Å². The molecule has 0 atom stereocenters. The Morgan fingerprint density at radius 1 is 0.719 bits per heavy atom. The summed E-state index contributed by atoms with van der Waals surface area (Å²) >= 11 is 0. The van der Waals surface area contributed by atoms with E-state index < -0.39 is 0 Å². The number of aromatic nitrogens is 4. The molecule has 8 nitrogen and oxygen atoms in total. The SMILES string of the molecule is CC1CCN(c2cccc(-c3nc(N4CCCCCC4)nc(N4CCOCC4)n3)n2)CC1. The third kappa shape index (κ3) is 4.95. The van der Waals surface area contributed by atoms with E-state index in [1.165, 1.54) is 38.5 Å². The van der Waals surface area contributed by atoms with Crippen molar-refractivity contribution in [1.82, 2.24) is 19.9 Å². The molecule has 0 bridgehead atoms. The molecule has 2 aromatic heterocycles. The van der Waals surface area contributed by atoms with E-state index in [2.05, 4.69) is 33.8 Å². The van der Waals surface area contributed by atoms with Gasteiger partial charge in [-0.1, -0.05) is 25.8 Å². The summed E-state index contributed by atoms with van der Waals surface area (Å²) in [7, 11) is 0. The monoisotopic (exact) mass is 437 g/mol. The van der Waals surface area contributed by atoms with Gasteiger partial charge in [0.1, 0.15) is 11.5 Å². The van der Waals surface area contributed by atoms with Crippen LogP contribution in [0.3, 0.4) is 0 Å². The van der Waals surface area contributed by atoms with E-state index in [0.717, 1.165) is 68.6 Å². The van der Waals surface area contributed by atoms with Crippen molar-refractivity contribution >= 4 is 17.7 Å². The number of anilines is 3. The molecular formula is C24H35N7O. The maximum absolute atomic E-state index is 5.55. The summed E-state index contributed by atoms with van der Waals surface area (Å²) < 4.78 is 5.55. The van der Waals surface area contributed by atoms with Crippen molar-refractivity contribution in [1.29, 1.82) is 0 Å². The van der Waals surface area contributed by atoms with Crippen molar-refractivity contribution in [3.8, 4) is 11.5 Å². The fraction of sp³-hybridized carbons (Fsp3) is 0.667. The standard InChI is InChI=1S/C24H35N7O/c1-19-9-13-29(14-10-19)21-8-6-7-20(25-21)22-26-23(30-11-4-2-3-5-12-30)28-24(27-22)31-15-17-32-18-16-31/h6-8,19H,2-5,9-18H2,1H3. The van der Waals surface area contributed by atoms with E-state index in [9.17, 15) is 0 Å². The Kier molecular flexibility index (Phi) is 6.67.